The van der Waals surface area contributed by atoms with Crippen molar-refractivity contribution in [2.75, 3.05) is 42.9 Å². The first-order valence-electron chi connectivity index (χ1n) is 11.0. The summed E-state index contributed by atoms with van der Waals surface area (Å²) in [5.41, 5.74) is 2.75. The minimum Gasteiger partial charge on any atom is -0.495 e. The first kappa shape index (κ1) is 23.1. The first-order chi connectivity index (χ1) is 17.0. The van der Waals surface area contributed by atoms with Crippen LogP contribution in [0.1, 0.15) is 10.4 Å². The number of rotatable bonds is 6. The van der Waals surface area contributed by atoms with E-state index in [4.69, 9.17) is 4.74 Å². The van der Waals surface area contributed by atoms with Crippen molar-refractivity contribution < 1.29 is 17.9 Å². The third kappa shape index (κ3) is 4.64. The molecule has 1 amide bonds. The van der Waals surface area contributed by atoms with E-state index in [1.807, 2.05) is 24.3 Å². The average molecular weight is 510 g/mol. The quantitative estimate of drug-likeness (QED) is 0.424. The number of sulfonamides is 1. The normalized spacial score (nSPS) is 14.2. The largest absolute Gasteiger partial charge is 0.495 e. The lowest BCUT2D eigenvalue weighted by molar-refractivity contribution is 0.0746. The number of hydrogen-bond donors (Lipinski definition) is 1. The second kappa shape index (κ2) is 9.51. The van der Waals surface area contributed by atoms with E-state index in [-0.39, 0.29) is 10.8 Å². The van der Waals surface area contributed by atoms with E-state index in [0.717, 1.165) is 23.2 Å². The third-order valence-corrected chi connectivity index (χ3v) is 7.87. The van der Waals surface area contributed by atoms with Gasteiger partial charge in [-0.25, -0.2) is 8.42 Å². The third-order valence-electron chi connectivity index (χ3n) is 5.92. The summed E-state index contributed by atoms with van der Waals surface area (Å²) in [4.78, 5) is 17.1. The molecule has 1 aliphatic rings. The number of nitrogens with zero attached hydrogens (tertiary/aromatic N) is 4. The minimum atomic E-state index is -3.86. The molecule has 1 aromatic heterocycles. The Morgan fingerprint density at radius 2 is 1.69 bits per heavy atom. The van der Waals surface area contributed by atoms with E-state index in [1.54, 1.807) is 48.4 Å². The van der Waals surface area contributed by atoms with Crippen molar-refractivity contribution in [3.8, 4) is 5.75 Å². The van der Waals surface area contributed by atoms with Crippen molar-refractivity contribution in [2.24, 2.45) is 0 Å². The van der Waals surface area contributed by atoms with Gasteiger partial charge in [0, 0.05) is 37.4 Å². The lowest BCUT2D eigenvalue weighted by atomic mass is 10.1. The SMILES string of the molecule is COc1ccccc1N1CCN(C(=O)c2ccc(NS(=O)(=O)c3cccc4nsnc34)cc2)CC1. The molecule has 180 valence electrons. The molecule has 1 fully saturated rings. The van der Waals surface area contributed by atoms with Gasteiger partial charge in [-0.15, -0.1) is 0 Å². The summed E-state index contributed by atoms with van der Waals surface area (Å²) in [6.07, 6.45) is 0. The van der Waals surface area contributed by atoms with Gasteiger partial charge in [0.15, 0.2) is 0 Å². The van der Waals surface area contributed by atoms with Crippen molar-refractivity contribution in [3.05, 3.63) is 72.3 Å². The van der Waals surface area contributed by atoms with Crippen LogP contribution < -0.4 is 14.4 Å². The molecule has 0 radical (unpaired) electrons. The molecule has 1 aliphatic heterocycles. The van der Waals surface area contributed by atoms with Gasteiger partial charge in [0.25, 0.3) is 15.9 Å². The molecule has 0 bridgehead atoms. The monoisotopic (exact) mass is 509 g/mol. The number of benzene rings is 3. The van der Waals surface area contributed by atoms with Crippen LogP contribution in [0.2, 0.25) is 0 Å². The Morgan fingerprint density at radius 1 is 0.943 bits per heavy atom. The van der Waals surface area contributed by atoms with E-state index in [2.05, 4.69) is 18.4 Å². The zero-order valence-electron chi connectivity index (χ0n) is 18.9. The number of methoxy groups -OCH3 is 1. The second-order valence-electron chi connectivity index (χ2n) is 8.02. The topological polar surface area (TPSA) is 105 Å². The number of anilines is 2. The highest BCUT2D eigenvalue weighted by atomic mass is 32.2. The van der Waals surface area contributed by atoms with Gasteiger partial charge in [0.1, 0.15) is 21.7 Å². The van der Waals surface area contributed by atoms with Crippen LogP contribution in [0.4, 0.5) is 11.4 Å². The van der Waals surface area contributed by atoms with Crippen LogP contribution in [0.5, 0.6) is 5.75 Å². The van der Waals surface area contributed by atoms with Crippen molar-refractivity contribution in [2.45, 2.75) is 4.90 Å². The summed E-state index contributed by atoms with van der Waals surface area (Å²) in [5.74, 6) is 0.727. The Hall–Kier alpha value is -3.70. The van der Waals surface area contributed by atoms with Gasteiger partial charge in [-0.05, 0) is 48.5 Å². The summed E-state index contributed by atoms with van der Waals surface area (Å²) < 4.78 is 42.0. The van der Waals surface area contributed by atoms with Gasteiger partial charge in [0.2, 0.25) is 0 Å². The summed E-state index contributed by atoms with van der Waals surface area (Å²) in [7, 11) is -2.21. The van der Waals surface area contributed by atoms with E-state index in [1.165, 1.54) is 6.07 Å². The number of hydrogen-bond acceptors (Lipinski definition) is 8. The van der Waals surface area contributed by atoms with E-state index in [0.29, 0.717) is 48.5 Å². The summed E-state index contributed by atoms with van der Waals surface area (Å²) in [5, 5.41) is 0. The molecule has 35 heavy (non-hydrogen) atoms. The molecular formula is C24H23N5O4S2. The maximum atomic E-state index is 13.0. The number of carbonyl (C=O) groups is 1. The van der Waals surface area contributed by atoms with Crippen molar-refractivity contribution in [1.29, 1.82) is 0 Å². The molecule has 2 heterocycles. The number of fused-ring (bicyclic) bond motifs is 1. The molecular weight excluding hydrogens is 486 g/mol. The highest BCUT2D eigenvalue weighted by Gasteiger charge is 2.24. The van der Waals surface area contributed by atoms with Crippen LogP contribution in [0.15, 0.2) is 71.6 Å². The van der Waals surface area contributed by atoms with Crippen LogP contribution in [-0.4, -0.2) is 61.3 Å². The van der Waals surface area contributed by atoms with Gasteiger partial charge in [-0.1, -0.05) is 18.2 Å². The van der Waals surface area contributed by atoms with Crippen LogP contribution in [-0.2, 0) is 10.0 Å². The van der Waals surface area contributed by atoms with Gasteiger partial charge < -0.3 is 14.5 Å². The molecule has 0 atom stereocenters. The van der Waals surface area contributed by atoms with Gasteiger partial charge in [0.05, 0.1) is 24.5 Å². The average Bonchev–Trinajstić information content (AvgIpc) is 3.37. The number of piperazine rings is 1. The predicted octanol–water partition coefficient (Wildman–Crippen LogP) is 3.46. The molecule has 0 aliphatic carbocycles. The zero-order chi connectivity index (χ0) is 24.4. The number of para-hydroxylation sites is 2. The van der Waals surface area contributed by atoms with E-state index >= 15 is 0 Å². The number of ether oxygens (including phenoxy) is 1. The lowest BCUT2D eigenvalue weighted by Gasteiger charge is -2.36. The molecule has 1 saturated heterocycles. The highest BCUT2D eigenvalue weighted by molar-refractivity contribution is 7.93. The van der Waals surface area contributed by atoms with Crippen LogP contribution in [0.3, 0.4) is 0 Å². The zero-order valence-corrected chi connectivity index (χ0v) is 20.6. The number of aromatic nitrogens is 2. The number of nitrogens with one attached hydrogen (secondary N) is 1. The molecule has 3 aromatic carbocycles. The van der Waals surface area contributed by atoms with E-state index < -0.39 is 10.0 Å². The summed E-state index contributed by atoms with van der Waals surface area (Å²) >= 11 is 0.965. The first-order valence-corrected chi connectivity index (χ1v) is 13.2. The highest BCUT2D eigenvalue weighted by Crippen LogP contribution is 2.29. The predicted molar refractivity (Wildman–Crippen MR) is 136 cm³/mol. The van der Waals surface area contributed by atoms with Gasteiger partial charge in [-0.2, -0.15) is 8.75 Å². The number of amides is 1. The minimum absolute atomic E-state index is 0.0665. The number of carbonyl (C=O) groups excluding carboxylic acids is 1. The molecule has 0 saturated carbocycles. The Bertz CT molecular complexity index is 1460. The van der Waals surface area contributed by atoms with Crippen molar-refractivity contribution in [1.82, 2.24) is 13.6 Å². The molecule has 4 aromatic rings. The Labute approximate surface area is 207 Å². The van der Waals surface area contributed by atoms with Crippen molar-refractivity contribution >= 4 is 50.1 Å². The summed E-state index contributed by atoms with van der Waals surface area (Å²) in [6, 6.07) is 19.1. The molecule has 0 spiro atoms. The fraction of sp³-hybridized carbons (Fsp3) is 0.208. The lowest BCUT2D eigenvalue weighted by Crippen LogP contribution is -2.48. The standard InChI is InChI=1S/C24H23N5O4S2/c1-33-21-7-3-2-6-20(21)28-13-15-29(16-14-28)24(30)17-9-11-18(12-10-17)27-35(31,32)22-8-4-5-19-23(22)26-34-25-19/h2-12,27H,13-16H2,1H3. The van der Waals surface area contributed by atoms with E-state index in [9.17, 15) is 13.2 Å². The molecule has 5 rings (SSSR count). The van der Waals surface area contributed by atoms with Crippen LogP contribution in [0, 0.1) is 0 Å². The molecule has 9 nitrogen and oxygen atoms in total. The smallest absolute Gasteiger partial charge is 0.264 e. The maximum Gasteiger partial charge on any atom is 0.264 e. The van der Waals surface area contributed by atoms with Crippen LogP contribution >= 0.6 is 11.7 Å². The Morgan fingerprint density at radius 3 is 2.43 bits per heavy atom. The molecule has 11 heteroatoms. The molecule has 1 N–H and O–H groups in total. The van der Waals surface area contributed by atoms with Gasteiger partial charge >= 0.3 is 0 Å². The Balaban J connectivity index is 1.24. The van der Waals surface area contributed by atoms with Gasteiger partial charge in [-0.3, -0.25) is 9.52 Å². The fourth-order valence-corrected chi connectivity index (χ4v) is 5.94. The van der Waals surface area contributed by atoms with Crippen molar-refractivity contribution in [3.63, 3.8) is 0 Å². The fourth-order valence-electron chi connectivity index (χ4n) is 4.11. The summed E-state index contributed by atoms with van der Waals surface area (Å²) in [6.45, 7) is 2.55. The Kier molecular flexibility index (Phi) is 6.27. The molecule has 0 unspecified atom stereocenters. The second-order valence-corrected chi connectivity index (χ2v) is 10.2. The maximum absolute atomic E-state index is 13.0. The van der Waals surface area contributed by atoms with Crippen LogP contribution in [0.25, 0.3) is 11.0 Å².